The van der Waals surface area contributed by atoms with Crippen LogP contribution in [0.25, 0.3) is 0 Å². The van der Waals surface area contributed by atoms with Gasteiger partial charge in [-0.1, -0.05) is 29.4 Å². The third-order valence-corrected chi connectivity index (χ3v) is 8.31. The normalized spacial score (nSPS) is 13.7. The molecule has 0 aliphatic heterocycles. The van der Waals surface area contributed by atoms with Gasteiger partial charge in [0, 0.05) is 11.9 Å². The molecular formula is C24H27ClN4O4S2. The fourth-order valence-corrected chi connectivity index (χ4v) is 6.19. The van der Waals surface area contributed by atoms with Crippen molar-refractivity contribution in [1.29, 1.82) is 0 Å². The highest BCUT2D eigenvalue weighted by atomic mass is 35.5. The minimum Gasteiger partial charge on any atom is -0.481 e. The molecule has 4 rings (SSSR count). The molecule has 0 radical (unpaired) electrons. The number of hydrogen-bond acceptors (Lipinski definition) is 8. The first kappa shape index (κ1) is 25.5. The summed E-state index contributed by atoms with van der Waals surface area (Å²) < 4.78 is 12.8. The van der Waals surface area contributed by atoms with E-state index >= 15 is 0 Å². The lowest BCUT2D eigenvalue weighted by atomic mass is 9.95. The van der Waals surface area contributed by atoms with Crippen molar-refractivity contribution >= 4 is 51.6 Å². The van der Waals surface area contributed by atoms with Gasteiger partial charge in [-0.05, 0) is 62.8 Å². The van der Waals surface area contributed by atoms with Crippen LogP contribution < -0.4 is 10.1 Å². The van der Waals surface area contributed by atoms with Gasteiger partial charge in [0.1, 0.15) is 10.8 Å². The Morgan fingerprint density at radius 3 is 2.83 bits per heavy atom. The molecule has 0 saturated heterocycles. The van der Waals surface area contributed by atoms with Gasteiger partial charge in [-0.25, -0.2) is 4.79 Å². The Morgan fingerprint density at radius 1 is 1.29 bits per heavy atom. The number of esters is 1. The monoisotopic (exact) mass is 534 g/mol. The summed E-state index contributed by atoms with van der Waals surface area (Å²) in [5.41, 5.74) is 2.54. The van der Waals surface area contributed by atoms with E-state index in [0.717, 1.165) is 41.7 Å². The van der Waals surface area contributed by atoms with Crippen molar-refractivity contribution in [1.82, 2.24) is 14.8 Å². The van der Waals surface area contributed by atoms with Crippen LogP contribution in [-0.2, 0) is 29.4 Å². The summed E-state index contributed by atoms with van der Waals surface area (Å²) in [4.78, 5) is 26.3. The van der Waals surface area contributed by atoms with Gasteiger partial charge in [0.2, 0.25) is 5.91 Å². The van der Waals surface area contributed by atoms with Crippen molar-refractivity contribution in [3.05, 3.63) is 50.6 Å². The van der Waals surface area contributed by atoms with Gasteiger partial charge in [-0.15, -0.1) is 21.5 Å². The molecule has 1 N–H and O–H groups in total. The second-order valence-electron chi connectivity index (χ2n) is 8.34. The van der Waals surface area contributed by atoms with Crippen molar-refractivity contribution in [2.45, 2.75) is 50.8 Å². The summed E-state index contributed by atoms with van der Waals surface area (Å²) in [5.74, 6) is 0.681. The van der Waals surface area contributed by atoms with Crippen LogP contribution in [0.15, 0.2) is 23.4 Å². The number of aryl methyl sites for hydroxylation is 2. The van der Waals surface area contributed by atoms with E-state index in [2.05, 4.69) is 15.5 Å². The van der Waals surface area contributed by atoms with Crippen LogP contribution in [0.4, 0.5) is 5.00 Å². The molecule has 1 aliphatic rings. The van der Waals surface area contributed by atoms with Crippen LogP contribution in [0.5, 0.6) is 5.75 Å². The van der Waals surface area contributed by atoms with E-state index in [1.165, 1.54) is 30.2 Å². The van der Waals surface area contributed by atoms with Gasteiger partial charge in [0.05, 0.1) is 23.4 Å². The summed E-state index contributed by atoms with van der Waals surface area (Å²) in [6, 6.07) is 5.59. The largest absolute Gasteiger partial charge is 0.481 e. The summed E-state index contributed by atoms with van der Waals surface area (Å²) in [7, 11) is 3.19. The minimum absolute atomic E-state index is 0.119. The standard InChI is InChI=1S/C24H27ClN4O4S2/c1-13-9-10-16(25)17(11-13)33-14(2)21-27-28-24(29(21)3)34-12-19(30)26-22-20(23(31)32-4)15-7-5-6-8-18(15)35-22/h9-11,14H,5-8,12H2,1-4H3,(H,26,30). The molecule has 0 bridgehead atoms. The smallest absolute Gasteiger partial charge is 0.341 e. The van der Waals surface area contributed by atoms with E-state index in [0.29, 0.717) is 32.3 Å². The molecule has 1 aromatic carbocycles. The zero-order valence-corrected chi connectivity index (χ0v) is 22.4. The van der Waals surface area contributed by atoms with E-state index in [4.69, 9.17) is 21.1 Å². The van der Waals surface area contributed by atoms with Gasteiger partial charge in [-0.2, -0.15) is 0 Å². The number of nitrogens with zero attached hydrogens (tertiary/aromatic N) is 3. The fraction of sp³-hybridized carbons (Fsp3) is 0.417. The number of hydrogen-bond donors (Lipinski definition) is 1. The second kappa shape index (κ2) is 11.0. The van der Waals surface area contributed by atoms with Crippen LogP contribution >= 0.6 is 34.7 Å². The third kappa shape index (κ3) is 5.65. The Hall–Kier alpha value is -2.56. The van der Waals surface area contributed by atoms with Crippen molar-refractivity contribution in [3.63, 3.8) is 0 Å². The molecule has 2 heterocycles. The summed E-state index contributed by atoms with van der Waals surface area (Å²) in [5, 5.41) is 13.0. The summed E-state index contributed by atoms with van der Waals surface area (Å²) in [6.07, 6.45) is 3.48. The van der Waals surface area contributed by atoms with Gasteiger partial charge in [-0.3, -0.25) is 4.79 Å². The quantitative estimate of drug-likeness (QED) is 0.306. The molecule has 1 atom stereocenters. The zero-order valence-electron chi connectivity index (χ0n) is 20.0. The molecular weight excluding hydrogens is 508 g/mol. The number of benzene rings is 1. The number of thioether (sulfide) groups is 1. The molecule has 35 heavy (non-hydrogen) atoms. The number of thiophene rings is 1. The van der Waals surface area contributed by atoms with Crippen LogP contribution in [0, 0.1) is 6.92 Å². The number of methoxy groups -OCH3 is 1. The number of fused-ring (bicyclic) bond motifs is 1. The van der Waals surface area contributed by atoms with Gasteiger partial charge in [0.15, 0.2) is 17.1 Å². The van der Waals surface area contributed by atoms with Crippen LogP contribution in [-0.4, -0.2) is 39.5 Å². The Bertz CT molecular complexity index is 1260. The molecule has 8 nitrogen and oxygen atoms in total. The maximum absolute atomic E-state index is 12.8. The molecule has 0 spiro atoms. The van der Waals surface area contributed by atoms with Crippen LogP contribution in [0.1, 0.15) is 58.1 Å². The number of halogens is 1. The SMILES string of the molecule is COC(=O)c1c(NC(=O)CSc2nnc(C(C)Oc3cc(C)ccc3Cl)n2C)sc2c1CCCC2. The maximum Gasteiger partial charge on any atom is 0.341 e. The lowest BCUT2D eigenvalue weighted by Crippen LogP contribution is -2.17. The third-order valence-electron chi connectivity index (χ3n) is 5.77. The Morgan fingerprint density at radius 2 is 2.06 bits per heavy atom. The molecule has 1 unspecified atom stereocenters. The molecule has 186 valence electrons. The lowest BCUT2D eigenvalue weighted by Gasteiger charge is -2.15. The van der Waals surface area contributed by atoms with Crippen molar-refractivity contribution in [2.24, 2.45) is 7.05 Å². The van der Waals surface area contributed by atoms with Gasteiger partial charge in [0.25, 0.3) is 0 Å². The first-order valence-corrected chi connectivity index (χ1v) is 13.4. The molecule has 1 aliphatic carbocycles. The minimum atomic E-state index is -0.409. The average Bonchev–Trinajstić information content (AvgIpc) is 3.39. The highest BCUT2D eigenvalue weighted by Gasteiger charge is 2.27. The Labute approximate surface area is 217 Å². The van der Waals surface area contributed by atoms with E-state index in [-0.39, 0.29) is 11.7 Å². The fourth-order valence-electron chi connectivity index (χ4n) is 4.01. The highest BCUT2D eigenvalue weighted by molar-refractivity contribution is 7.99. The average molecular weight is 535 g/mol. The first-order valence-electron chi connectivity index (χ1n) is 11.3. The van der Waals surface area contributed by atoms with Crippen molar-refractivity contribution < 1.29 is 19.1 Å². The number of ether oxygens (including phenoxy) is 2. The predicted molar refractivity (Wildman–Crippen MR) is 138 cm³/mol. The number of aromatic nitrogens is 3. The Balaban J connectivity index is 1.41. The number of anilines is 1. The van der Waals surface area contributed by atoms with Crippen LogP contribution in [0.3, 0.4) is 0 Å². The molecule has 1 amide bonds. The van der Waals surface area contributed by atoms with E-state index in [1.807, 2.05) is 33.0 Å². The second-order valence-corrected chi connectivity index (χ2v) is 10.8. The molecule has 2 aromatic heterocycles. The Kier molecular flexibility index (Phi) is 8.03. The molecule has 3 aromatic rings. The molecule has 0 fully saturated rings. The summed E-state index contributed by atoms with van der Waals surface area (Å²) in [6.45, 7) is 3.84. The van der Waals surface area contributed by atoms with Crippen molar-refractivity contribution in [3.8, 4) is 5.75 Å². The number of nitrogens with one attached hydrogen (secondary N) is 1. The van der Waals surface area contributed by atoms with Gasteiger partial charge < -0.3 is 19.4 Å². The number of rotatable bonds is 8. The number of carbonyl (C=O) groups excluding carboxylic acids is 2. The lowest BCUT2D eigenvalue weighted by molar-refractivity contribution is -0.113. The highest BCUT2D eigenvalue weighted by Crippen LogP contribution is 2.38. The van der Waals surface area contributed by atoms with Crippen LogP contribution in [0.2, 0.25) is 5.02 Å². The van der Waals surface area contributed by atoms with Crippen molar-refractivity contribution in [2.75, 3.05) is 18.2 Å². The number of carbonyl (C=O) groups is 2. The van der Waals surface area contributed by atoms with E-state index in [1.54, 1.807) is 10.6 Å². The maximum atomic E-state index is 12.8. The van der Waals surface area contributed by atoms with Gasteiger partial charge >= 0.3 is 5.97 Å². The topological polar surface area (TPSA) is 95.3 Å². The first-order chi connectivity index (χ1) is 16.8. The predicted octanol–water partition coefficient (Wildman–Crippen LogP) is 5.37. The van der Waals surface area contributed by atoms with E-state index in [9.17, 15) is 9.59 Å². The van der Waals surface area contributed by atoms with E-state index < -0.39 is 12.1 Å². The molecule has 0 saturated carbocycles. The molecule has 11 heteroatoms. The number of amides is 1. The zero-order chi connectivity index (χ0) is 25.1. The summed E-state index contributed by atoms with van der Waals surface area (Å²) >= 11 is 8.98.